The third-order valence-electron chi connectivity index (χ3n) is 10.7. The number of ether oxygens (including phenoxy) is 1. The molecule has 61 heavy (non-hydrogen) atoms. The molecule has 4 aromatic carbocycles. The summed E-state index contributed by atoms with van der Waals surface area (Å²) in [7, 11) is 5.59. The largest absolute Gasteiger partial charge is 0.497 e. The summed E-state index contributed by atoms with van der Waals surface area (Å²) in [5.41, 5.74) is 11.6. The first-order valence-corrected chi connectivity index (χ1v) is 19.3. The Labute approximate surface area is 384 Å². The molecule has 0 saturated carbocycles. The van der Waals surface area contributed by atoms with Gasteiger partial charge in [-0.3, -0.25) is 19.6 Å². The Hall–Kier alpha value is -6.03. The molecule has 1 aliphatic carbocycles. The molecule has 0 N–H and O–H groups in total. The molecule has 312 valence electrons. The first-order chi connectivity index (χ1) is 28.7. The van der Waals surface area contributed by atoms with Crippen LogP contribution in [-0.2, 0) is 59.7 Å². The fourth-order valence-electron chi connectivity index (χ4n) is 7.78. The maximum atomic E-state index is 5.32. The fraction of sp³-hybridized carbons (Fsp3) is 0.163. The smallest absolute Gasteiger partial charge is 0.127 e. The summed E-state index contributed by atoms with van der Waals surface area (Å²) in [6.45, 7) is 8.72. The number of benzene rings is 4. The van der Waals surface area contributed by atoms with Crippen molar-refractivity contribution in [3.8, 4) is 62.5 Å². The van der Waals surface area contributed by atoms with Gasteiger partial charge in [0.1, 0.15) is 17.9 Å². The Morgan fingerprint density at radius 2 is 1.34 bits per heavy atom. The SMILES string of the molecule is COc1cc(C)c(-n2ccnc2-c2[c-]cncc2)c(C)c1.Cn1cccc1-n1ccnc1-c1[c-]cc2c(c1)-c1ccccc1C2(C)C.Cn1ncnc1-c1[c-]cccc1.[Ir].[Ir]. The number of fused-ring (bicyclic) bond motifs is 3. The van der Waals surface area contributed by atoms with Crippen LogP contribution in [0.2, 0.25) is 0 Å². The molecule has 0 unspecified atom stereocenters. The van der Waals surface area contributed by atoms with Gasteiger partial charge in [-0.25, -0.2) is 0 Å². The second-order valence-corrected chi connectivity index (χ2v) is 14.8. The molecular weight excluding hydrogens is 1120 g/mol. The van der Waals surface area contributed by atoms with E-state index in [1.807, 2.05) is 87.4 Å². The Morgan fingerprint density at radius 3 is 1.98 bits per heavy atom. The van der Waals surface area contributed by atoms with Crippen molar-refractivity contribution in [3.63, 3.8) is 0 Å². The van der Waals surface area contributed by atoms with Gasteiger partial charge in [0.2, 0.25) is 0 Å². The van der Waals surface area contributed by atoms with E-state index in [4.69, 9.17) is 4.74 Å². The summed E-state index contributed by atoms with van der Waals surface area (Å²) < 4.78 is 13.3. The number of aromatic nitrogens is 9. The summed E-state index contributed by atoms with van der Waals surface area (Å²) in [5, 5.41) is 3.98. The number of hydrogen-bond acceptors (Lipinski definition) is 6. The second kappa shape index (κ2) is 19.1. The van der Waals surface area contributed by atoms with Gasteiger partial charge in [0, 0.05) is 96.8 Å². The molecule has 0 amide bonds. The Balaban J connectivity index is 0.000000160. The van der Waals surface area contributed by atoms with Crippen LogP contribution < -0.4 is 4.74 Å². The average molecular weight is 1160 g/mol. The monoisotopic (exact) mass is 1160 g/mol. The van der Waals surface area contributed by atoms with Gasteiger partial charge in [0.05, 0.1) is 18.8 Å². The van der Waals surface area contributed by atoms with Crippen LogP contribution in [0.3, 0.4) is 0 Å². The number of methoxy groups -OCH3 is 1. The third-order valence-corrected chi connectivity index (χ3v) is 10.7. The Bertz CT molecular complexity index is 2830. The average Bonchev–Trinajstić information content (AvgIpc) is 4.12. The zero-order valence-corrected chi connectivity index (χ0v) is 39.7. The molecule has 5 aromatic heterocycles. The van der Waals surface area contributed by atoms with E-state index >= 15 is 0 Å². The summed E-state index contributed by atoms with van der Waals surface area (Å²) in [5.74, 6) is 4.57. The van der Waals surface area contributed by atoms with E-state index in [1.54, 1.807) is 30.4 Å². The van der Waals surface area contributed by atoms with E-state index < -0.39 is 0 Å². The molecule has 0 spiro atoms. The molecule has 0 bridgehead atoms. The maximum absolute atomic E-state index is 5.32. The minimum atomic E-state index is 0. The Morgan fingerprint density at radius 1 is 0.639 bits per heavy atom. The van der Waals surface area contributed by atoms with E-state index in [-0.39, 0.29) is 45.6 Å². The summed E-state index contributed by atoms with van der Waals surface area (Å²) >= 11 is 0. The summed E-state index contributed by atoms with van der Waals surface area (Å²) in [4.78, 5) is 17.2. The third kappa shape index (κ3) is 8.90. The zero-order valence-electron chi connectivity index (χ0n) is 34.9. The predicted octanol–water partition coefficient (Wildman–Crippen LogP) is 9.62. The molecule has 0 saturated heterocycles. The van der Waals surface area contributed by atoms with Crippen molar-refractivity contribution < 1.29 is 44.9 Å². The van der Waals surface area contributed by atoms with Crippen LogP contribution in [-0.4, -0.2) is 50.5 Å². The number of aryl methyl sites for hydroxylation is 4. The molecule has 1 aliphatic rings. The van der Waals surface area contributed by atoms with Crippen molar-refractivity contribution in [1.82, 2.24) is 43.4 Å². The van der Waals surface area contributed by atoms with Crippen LogP contribution in [0.5, 0.6) is 5.75 Å². The van der Waals surface area contributed by atoms with E-state index in [9.17, 15) is 0 Å². The predicted molar refractivity (Wildman–Crippen MR) is 231 cm³/mol. The van der Waals surface area contributed by atoms with Crippen molar-refractivity contribution in [3.05, 3.63) is 181 Å². The summed E-state index contributed by atoms with van der Waals surface area (Å²) in [6.07, 6.45) is 14.6. The van der Waals surface area contributed by atoms with Crippen molar-refractivity contribution in [2.75, 3.05) is 7.11 Å². The molecule has 0 aliphatic heterocycles. The molecule has 0 fully saturated rings. The second-order valence-electron chi connectivity index (χ2n) is 14.8. The first-order valence-electron chi connectivity index (χ1n) is 19.3. The van der Waals surface area contributed by atoms with Gasteiger partial charge in [0.25, 0.3) is 0 Å². The van der Waals surface area contributed by atoms with Gasteiger partial charge in [-0.2, -0.15) is 11.2 Å². The minimum Gasteiger partial charge on any atom is -0.497 e. The van der Waals surface area contributed by atoms with Crippen LogP contribution in [0.15, 0.2) is 141 Å². The van der Waals surface area contributed by atoms with Crippen LogP contribution in [0.25, 0.3) is 56.8 Å². The van der Waals surface area contributed by atoms with E-state index in [2.05, 4.69) is 127 Å². The van der Waals surface area contributed by atoms with Gasteiger partial charge in [0.15, 0.2) is 0 Å². The van der Waals surface area contributed by atoms with Crippen LogP contribution in [0, 0.1) is 32.0 Å². The van der Waals surface area contributed by atoms with E-state index in [1.165, 1.54) is 28.6 Å². The van der Waals surface area contributed by atoms with Crippen LogP contribution >= 0.6 is 0 Å². The van der Waals surface area contributed by atoms with Gasteiger partial charge in [-0.1, -0.05) is 43.7 Å². The number of nitrogens with zero attached hydrogens (tertiary/aromatic N) is 9. The van der Waals surface area contributed by atoms with Gasteiger partial charge < -0.3 is 23.4 Å². The Kier molecular flexibility index (Phi) is 14.0. The zero-order chi connectivity index (χ0) is 41.1. The number of imidazole rings is 2. The maximum Gasteiger partial charge on any atom is 0.127 e. The van der Waals surface area contributed by atoms with Gasteiger partial charge >= 0.3 is 0 Å². The van der Waals surface area contributed by atoms with Crippen molar-refractivity contribution in [1.29, 1.82) is 0 Å². The van der Waals surface area contributed by atoms with Crippen molar-refractivity contribution in [2.24, 2.45) is 14.1 Å². The molecular formula is C49H44Ir2N9O-3. The summed E-state index contributed by atoms with van der Waals surface area (Å²) in [6, 6.07) is 40.6. The topological polar surface area (TPSA) is 93.4 Å². The van der Waals surface area contributed by atoms with Crippen LogP contribution in [0.4, 0.5) is 0 Å². The fourth-order valence-corrected chi connectivity index (χ4v) is 7.78. The van der Waals surface area contributed by atoms with Crippen molar-refractivity contribution in [2.45, 2.75) is 33.1 Å². The number of rotatable bonds is 6. The quantitative estimate of drug-likeness (QED) is 0.154. The van der Waals surface area contributed by atoms with E-state index in [0.29, 0.717) is 0 Å². The molecule has 0 atom stereocenters. The molecule has 9 aromatic rings. The molecule has 10 nitrogen and oxygen atoms in total. The number of hydrogen-bond donors (Lipinski definition) is 0. The van der Waals surface area contributed by atoms with Gasteiger partial charge in [-0.15, -0.1) is 76.9 Å². The van der Waals surface area contributed by atoms with Gasteiger partial charge in [-0.05, 0) is 78.2 Å². The first kappa shape index (κ1) is 44.5. The molecule has 2 radical (unpaired) electrons. The van der Waals surface area contributed by atoms with Crippen LogP contribution in [0.1, 0.15) is 36.1 Å². The number of pyridine rings is 1. The van der Waals surface area contributed by atoms with E-state index in [0.717, 1.165) is 62.5 Å². The minimum absolute atomic E-state index is 0. The normalized spacial score (nSPS) is 11.7. The standard InChI is InChI=1S/C23H20N3.C17H16N3O.C9H8N3.2Ir/c1-23(2)19-8-5-4-7-17(19)18-15-16(10-11-20(18)23)22-24-12-14-26(22)21-9-6-13-25(21)3;1-12-10-15(21-3)11-13(2)16(12)20-9-8-19-17(20)14-4-6-18-7-5-14;1-12-9(10-7-11-12)8-5-3-2-4-6-8;;/h4-9,11-15H,1-3H3;4,6-11H,1-3H3;2-5,7H,1H3;;/q3*-1;;. The molecule has 12 heteroatoms. The van der Waals surface area contributed by atoms with Crippen molar-refractivity contribution >= 4 is 0 Å². The molecule has 10 rings (SSSR count). The molecule has 5 heterocycles.